The molecule has 0 aliphatic carbocycles. The SMILES string of the molecule is CC(C)Oc1nc(N)nc(NC(C)(C)CO)n1. The Hall–Kier alpha value is -1.63. The van der Waals surface area contributed by atoms with Crippen LogP contribution < -0.4 is 15.8 Å². The van der Waals surface area contributed by atoms with Gasteiger partial charge in [0.2, 0.25) is 11.9 Å². The molecule has 0 saturated heterocycles. The number of nitrogens with one attached hydrogen (secondary N) is 1. The number of rotatable bonds is 5. The predicted octanol–water partition coefficient (Wildman–Crippen LogP) is 0.424. The van der Waals surface area contributed by atoms with Crippen LogP contribution in [-0.2, 0) is 0 Å². The van der Waals surface area contributed by atoms with E-state index in [2.05, 4.69) is 20.3 Å². The summed E-state index contributed by atoms with van der Waals surface area (Å²) < 4.78 is 5.34. The van der Waals surface area contributed by atoms with Gasteiger partial charge in [-0.1, -0.05) is 0 Å². The highest BCUT2D eigenvalue weighted by Crippen LogP contribution is 2.14. The van der Waals surface area contributed by atoms with E-state index in [4.69, 9.17) is 15.6 Å². The number of anilines is 2. The molecule has 0 spiro atoms. The monoisotopic (exact) mass is 241 g/mol. The van der Waals surface area contributed by atoms with Crippen molar-refractivity contribution in [1.29, 1.82) is 0 Å². The van der Waals surface area contributed by atoms with Crippen LogP contribution in [0.4, 0.5) is 11.9 Å². The first-order valence-corrected chi connectivity index (χ1v) is 5.39. The van der Waals surface area contributed by atoms with Crippen molar-refractivity contribution in [3.8, 4) is 6.01 Å². The fourth-order valence-electron chi connectivity index (χ4n) is 1.03. The molecule has 0 atom stereocenters. The second-order valence-corrected chi connectivity index (χ2v) is 4.63. The Kier molecular flexibility index (Phi) is 4.06. The van der Waals surface area contributed by atoms with Crippen molar-refractivity contribution in [2.24, 2.45) is 0 Å². The standard InChI is InChI=1S/C10H19N5O2/c1-6(2)17-9-13-7(11)12-8(14-9)15-10(3,4)5-16/h6,16H,5H2,1-4H3,(H3,11,12,13,14,15). The summed E-state index contributed by atoms with van der Waals surface area (Å²) >= 11 is 0. The summed E-state index contributed by atoms with van der Waals surface area (Å²) in [6.45, 7) is 7.31. The van der Waals surface area contributed by atoms with Crippen molar-refractivity contribution in [3.63, 3.8) is 0 Å². The van der Waals surface area contributed by atoms with E-state index in [1.807, 2.05) is 27.7 Å². The molecule has 0 saturated carbocycles. The molecule has 0 bridgehead atoms. The number of ether oxygens (including phenoxy) is 1. The molecule has 1 rings (SSSR count). The lowest BCUT2D eigenvalue weighted by Crippen LogP contribution is -2.36. The van der Waals surface area contributed by atoms with Gasteiger partial charge in [0.15, 0.2) is 0 Å². The average Bonchev–Trinajstić information content (AvgIpc) is 2.14. The molecule has 1 heterocycles. The zero-order chi connectivity index (χ0) is 13.1. The highest BCUT2D eigenvalue weighted by atomic mass is 16.5. The molecule has 4 N–H and O–H groups in total. The van der Waals surface area contributed by atoms with Crippen LogP contribution in [-0.4, -0.2) is 38.3 Å². The fourth-order valence-corrected chi connectivity index (χ4v) is 1.03. The molecule has 7 heteroatoms. The van der Waals surface area contributed by atoms with Crippen LogP contribution >= 0.6 is 0 Å². The predicted molar refractivity (Wildman–Crippen MR) is 64.8 cm³/mol. The van der Waals surface area contributed by atoms with Gasteiger partial charge >= 0.3 is 6.01 Å². The Morgan fingerprint density at radius 1 is 1.35 bits per heavy atom. The van der Waals surface area contributed by atoms with E-state index in [1.165, 1.54) is 0 Å². The minimum Gasteiger partial charge on any atom is -0.461 e. The van der Waals surface area contributed by atoms with E-state index in [1.54, 1.807) is 0 Å². The van der Waals surface area contributed by atoms with Gasteiger partial charge in [-0.05, 0) is 27.7 Å². The number of aromatic nitrogens is 3. The van der Waals surface area contributed by atoms with Gasteiger partial charge in [-0.15, -0.1) is 0 Å². The number of nitrogens with two attached hydrogens (primary N) is 1. The van der Waals surface area contributed by atoms with Gasteiger partial charge in [0.25, 0.3) is 0 Å². The molecule has 7 nitrogen and oxygen atoms in total. The lowest BCUT2D eigenvalue weighted by Gasteiger charge is -2.23. The number of hydrogen-bond acceptors (Lipinski definition) is 7. The molecular formula is C10H19N5O2. The van der Waals surface area contributed by atoms with E-state index in [0.29, 0.717) is 0 Å². The van der Waals surface area contributed by atoms with Gasteiger partial charge in [-0.25, -0.2) is 0 Å². The number of aliphatic hydroxyl groups is 1. The Morgan fingerprint density at radius 2 is 2.00 bits per heavy atom. The second kappa shape index (κ2) is 5.13. The van der Waals surface area contributed by atoms with Crippen molar-refractivity contribution in [2.45, 2.75) is 39.3 Å². The molecule has 0 unspecified atom stereocenters. The van der Waals surface area contributed by atoms with Gasteiger partial charge in [-0.2, -0.15) is 15.0 Å². The van der Waals surface area contributed by atoms with Crippen LogP contribution in [0, 0.1) is 0 Å². The summed E-state index contributed by atoms with van der Waals surface area (Å²) in [6.07, 6.45) is -0.0458. The molecule has 0 fully saturated rings. The molecule has 1 aromatic rings. The lowest BCUT2D eigenvalue weighted by molar-refractivity contribution is 0.220. The summed E-state index contributed by atoms with van der Waals surface area (Å²) in [7, 11) is 0. The molecular weight excluding hydrogens is 222 g/mol. The summed E-state index contributed by atoms with van der Waals surface area (Å²) in [6, 6.07) is 0.170. The highest BCUT2D eigenvalue weighted by molar-refractivity contribution is 5.35. The highest BCUT2D eigenvalue weighted by Gasteiger charge is 2.18. The maximum absolute atomic E-state index is 9.14. The minimum atomic E-state index is -0.539. The maximum Gasteiger partial charge on any atom is 0.323 e. The molecule has 0 amide bonds. The van der Waals surface area contributed by atoms with E-state index in [9.17, 15) is 0 Å². The third kappa shape index (κ3) is 4.39. The Morgan fingerprint density at radius 3 is 2.53 bits per heavy atom. The normalized spacial score (nSPS) is 11.6. The van der Waals surface area contributed by atoms with Crippen LogP contribution in [0.15, 0.2) is 0 Å². The van der Waals surface area contributed by atoms with Gasteiger partial charge in [0.05, 0.1) is 18.2 Å². The first-order valence-electron chi connectivity index (χ1n) is 5.39. The summed E-state index contributed by atoms with van der Waals surface area (Å²) in [5.41, 5.74) is 5.01. The fraction of sp³-hybridized carbons (Fsp3) is 0.700. The van der Waals surface area contributed by atoms with Gasteiger partial charge in [0.1, 0.15) is 0 Å². The molecule has 17 heavy (non-hydrogen) atoms. The average molecular weight is 241 g/mol. The third-order valence-electron chi connectivity index (χ3n) is 1.82. The lowest BCUT2D eigenvalue weighted by atomic mass is 10.1. The summed E-state index contributed by atoms with van der Waals surface area (Å²) in [5, 5.41) is 12.1. The number of nitrogen functional groups attached to an aromatic ring is 1. The number of hydrogen-bond donors (Lipinski definition) is 3. The topological polar surface area (TPSA) is 106 Å². The molecule has 1 aromatic heterocycles. The minimum absolute atomic E-state index is 0.0458. The zero-order valence-corrected chi connectivity index (χ0v) is 10.6. The quantitative estimate of drug-likeness (QED) is 0.686. The Bertz CT molecular complexity index is 381. The first-order chi connectivity index (χ1) is 7.82. The smallest absolute Gasteiger partial charge is 0.323 e. The van der Waals surface area contributed by atoms with Crippen molar-refractivity contribution in [1.82, 2.24) is 15.0 Å². The van der Waals surface area contributed by atoms with Crippen molar-refractivity contribution in [2.75, 3.05) is 17.7 Å². The van der Waals surface area contributed by atoms with Crippen molar-refractivity contribution >= 4 is 11.9 Å². The summed E-state index contributed by atoms with van der Waals surface area (Å²) in [5.74, 6) is 0.360. The second-order valence-electron chi connectivity index (χ2n) is 4.63. The van der Waals surface area contributed by atoms with Gasteiger partial charge in [0, 0.05) is 0 Å². The molecule has 0 aliphatic heterocycles. The van der Waals surface area contributed by atoms with E-state index in [0.717, 1.165) is 0 Å². The molecule has 0 aliphatic rings. The largest absolute Gasteiger partial charge is 0.461 e. The van der Waals surface area contributed by atoms with Crippen LogP contribution in [0.1, 0.15) is 27.7 Å². The van der Waals surface area contributed by atoms with Crippen LogP contribution in [0.2, 0.25) is 0 Å². The maximum atomic E-state index is 9.14. The molecule has 0 radical (unpaired) electrons. The summed E-state index contributed by atoms with van der Waals surface area (Å²) in [4.78, 5) is 11.8. The van der Waals surface area contributed by atoms with Crippen LogP contribution in [0.25, 0.3) is 0 Å². The third-order valence-corrected chi connectivity index (χ3v) is 1.82. The molecule has 96 valence electrons. The van der Waals surface area contributed by atoms with Gasteiger partial charge < -0.3 is 20.9 Å². The Labute approximate surface area is 100 Å². The van der Waals surface area contributed by atoms with Crippen molar-refractivity contribution < 1.29 is 9.84 Å². The number of aliphatic hydroxyl groups excluding tert-OH is 1. The van der Waals surface area contributed by atoms with Gasteiger partial charge in [-0.3, -0.25) is 0 Å². The zero-order valence-electron chi connectivity index (χ0n) is 10.6. The first kappa shape index (κ1) is 13.4. The Balaban J connectivity index is 2.89. The van der Waals surface area contributed by atoms with Crippen LogP contribution in [0.3, 0.4) is 0 Å². The molecule has 0 aromatic carbocycles. The number of nitrogens with zero attached hydrogens (tertiary/aromatic N) is 3. The van der Waals surface area contributed by atoms with E-state index in [-0.39, 0.29) is 30.6 Å². The van der Waals surface area contributed by atoms with Crippen LogP contribution in [0.5, 0.6) is 6.01 Å². The van der Waals surface area contributed by atoms with E-state index >= 15 is 0 Å². The van der Waals surface area contributed by atoms with E-state index < -0.39 is 5.54 Å². The van der Waals surface area contributed by atoms with Crippen molar-refractivity contribution in [3.05, 3.63) is 0 Å².